The molecular weight excluding hydrogens is 607 g/mol. The van der Waals surface area contributed by atoms with Crippen molar-refractivity contribution in [3.63, 3.8) is 0 Å². The van der Waals surface area contributed by atoms with Crippen molar-refractivity contribution in [2.24, 2.45) is 7.05 Å². The summed E-state index contributed by atoms with van der Waals surface area (Å²) in [7, 11) is 2.19. The summed E-state index contributed by atoms with van der Waals surface area (Å²) < 4.78 is 2.33. The number of rotatable bonds is 6. The van der Waals surface area contributed by atoms with Gasteiger partial charge in [0.05, 0.1) is 0 Å². The van der Waals surface area contributed by atoms with E-state index in [2.05, 4.69) is 207 Å². The highest BCUT2D eigenvalue weighted by molar-refractivity contribution is 5.88. The molecule has 7 aromatic rings. The fourth-order valence-corrected chi connectivity index (χ4v) is 8.58. The van der Waals surface area contributed by atoms with Gasteiger partial charge in [-0.15, -0.1) is 0 Å². The van der Waals surface area contributed by atoms with Gasteiger partial charge >= 0.3 is 0 Å². The topological polar surface area (TPSA) is 11.4 Å². The second-order valence-electron chi connectivity index (χ2n) is 14.8. The van der Waals surface area contributed by atoms with Crippen molar-refractivity contribution in [2.75, 3.05) is 9.80 Å². The summed E-state index contributed by atoms with van der Waals surface area (Å²) in [5.74, 6) is 2.18. The number of nitrogens with zero attached hydrogens (tertiary/aromatic N) is 3. The number of anilines is 6. The summed E-state index contributed by atoms with van der Waals surface area (Å²) in [5, 5.41) is 0. The Hall–Kier alpha value is -5.80. The molecule has 1 aromatic heterocycles. The lowest BCUT2D eigenvalue weighted by Gasteiger charge is -2.31. The monoisotopic (exact) mass is 647 g/mol. The molecule has 3 nitrogen and oxygen atoms in total. The second-order valence-corrected chi connectivity index (χ2v) is 14.8. The van der Waals surface area contributed by atoms with E-state index in [9.17, 15) is 0 Å². The third-order valence-electron chi connectivity index (χ3n) is 11.2. The fourth-order valence-electron chi connectivity index (χ4n) is 8.58. The van der Waals surface area contributed by atoms with Crippen molar-refractivity contribution in [3.05, 3.63) is 180 Å². The van der Waals surface area contributed by atoms with Crippen molar-refractivity contribution in [1.29, 1.82) is 0 Å². The van der Waals surface area contributed by atoms with Gasteiger partial charge in [-0.3, -0.25) is 9.80 Å². The zero-order valence-corrected chi connectivity index (χ0v) is 29.4. The molecular formula is C47H41N3. The molecule has 0 amide bonds. The Kier molecular flexibility index (Phi) is 6.73. The number of fused-ring (bicyclic) bond motifs is 6. The molecule has 0 atom stereocenters. The molecule has 1 heterocycles. The molecule has 0 unspecified atom stereocenters. The van der Waals surface area contributed by atoms with Gasteiger partial charge in [-0.2, -0.15) is 0 Å². The molecule has 0 bridgehead atoms. The van der Waals surface area contributed by atoms with Gasteiger partial charge in [0.25, 0.3) is 0 Å². The number of para-hydroxylation sites is 2. The number of benzene rings is 6. The summed E-state index contributed by atoms with van der Waals surface area (Å²) in [6, 6.07) is 57.7. The highest BCUT2D eigenvalue weighted by atomic mass is 15.3. The number of aromatic nitrogens is 1. The first-order chi connectivity index (χ1) is 24.2. The molecule has 6 aromatic carbocycles. The van der Waals surface area contributed by atoms with Crippen LogP contribution in [0.5, 0.6) is 0 Å². The summed E-state index contributed by atoms with van der Waals surface area (Å²) in [6.45, 7) is 9.40. The molecule has 0 N–H and O–H groups in total. The summed E-state index contributed by atoms with van der Waals surface area (Å²) in [4.78, 5) is 4.79. The molecule has 0 radical (unpaired) electrons. The summed E-state index contributed by atoms with van der Waals surface area (Å²) in [6.07, 6.45) is 0. The average Bonchev–Trinajstić information content (AvgIpc) is 3.71. The Morgan fingerprint density at radius 2 is 0.720 bits per heavy atom. The Morgan fingerprint density at radius 3 is 1.14 bits per heavy atom. The third kappa shape index (κ3) is 4.43. The molecule has 0 fully saturated rings. The highest BCUT2D eigenvalue weighted by Gasteiger charge is 2.37. The van der Waals surface area contributed by atoms with Crippen molar-refractivity contribution in [1.82, 2.24) is 4.57 Å². The van der Waals surface area contributed by atoms with Gasteiger partial charge in [-0.25, -0.2) is 0 Å². The van der Waals surface area contributed by atoms with Crippen LogP contribution in [-0.4, -0.2) is 4.57 Å². The average molecular weight is 648 g/mol. The standard InChI is InChI=1S/C47H41N3/c1-46(2)40-22-14-12-20-36(40)38-26-24-34(30-42(38)46)49(32-16-8-6-9-17-32)44-28-29-45(48(44)5)50(33-18-10-7-11-19-33)35-25-27-39-37-21-13-15-23-41(37)47(3,4)43(39)31-35/h6-31H,1-5H3. The fraction of sp³-hybridized carbons (Fsp3) is 0.149. The highest BCUT2D eigenvalue weighted by Crippen LogP contribution is 2.52. The van der Waals surface area contributed by atoms with E-state index in [0.29, 0.717) is 0 Å². The first kappa shape index (κ1) is 30.3. The maximum absolute atomic E-state index is 2.41. The third-order valence-corrected chi connectivity index (χ3v) is 11.2. The van der Waals surface area contributed by atoms with Gasteiger partial charge in [0.2, 0.25) is 0 Å². The van der Waals surface area contributed by atoms with E-state index in [0.717, 1.165) is 34.4 Å². The quantitative estimate of drug-likeness (QED) is 0.178. The maximum Gasteiger partial charge on any atom is 0.119 e. The molecule has 0 saturated carbocycles. The first-order valence-corrected chi connectivity index (χ1v) is 17.6. The van der Waals surface area contributed by atoms with E-state index in [4.69, 9.17) is 0 Å². The normalized spacial score (nSPS) is 14.4. The smallest absolute Gasteiger partial charge is 0.119 e. The van der Waals surface area contributed by atoms with Crippen LogP contribution in [0.4, 0.5) is 34.4 Å². The molecule has 2 aliphatic carbocycles. The minimum Gasteiger partial charge on any atom is -0.316 e. The van der Waals surface area contributed by atoms with Crippen molar-refractivity contribution < 1.29 is 0 Å². The van der Waals surface area contributed by atoms with Crippen LogP contribution >= 0.6 is 0 Å². The second kappa shape index (κ2) is 11.1. The Labute approximate surface area is 295 Å². The minimum absolute atomic E-state index is 0.0885. The van der Waals surface area contributed by atoms with Crippen LogP contribution in [0.1, 0.15) is 49.9 Å². The molecule has 9 rings (SSSR count). The van der Waals surface area contributed by atoms with Crippen molar-refractivity contribution in [3.8, 4) is 22.3 Å². The van der Waals surface area contributed by atoms with E-state index in [1.165, 1.54) is 44.5 Å². The molecule has 0 spiro atoms. The first-order valence-electron chi connectivity index (χ1n) is 17.6. The van der Waals surface area contributed by atoms with Crippen LogP contribution in [0.2, 0.25) is 0 Å². The predicted molar refractivity (Wildman–Crippen MR) is 210 cm³/mol. The van der Waals surface area contributed by atoms with Gasteiger partial charge in [0.1, 0.15) is 11.6 Å². The SMILES string of the molecule is Cn1c(N(c2ccccc2)c2ccc3c(c2)C(C)(C)c2ccccc2-3)ccc1N(c1ccccc1)c1ccc2c(c1)C(C)(C)c1ccccc1-2. The van der Waals surface area contributed by atoms with Gasteiger partial charge in [0, 0.05) is 40.6 Å². The van der Waals surface area contributed by atoms with Crippen LogP contribution in [0.25, 0.3) is 22.3 Å². The molecule has 0 aliphatic heterocycles. The van der Waals surface area contributed by atoms with Gasteiger partial charge in [0.15, 0.2) is 0 Å². The molecule has 3 heteroatoms. The van der Waals surface area contributed by atoms with Crippen molar-refractivity contribution in [2.45, 2.75) is 38.5 Å². The lowest BCUT2D eigenvalue weighted by molar-refractivity contribution is 0.660. The minimum atomic E-state index is -0.0885. The van der Waals surface area contributed by atoms with Gasteiger partial charge < -0.3 is 4.57 Å². The summed E-state index contributed by atoms with van der Waals surface area (Å²) >= 11 is 0. The van der Waals surface area contributed by atoms with Crippen LogP contribution in [0.15, 0.2) is 158 Å². The Bertz CT molecular complexity index is 2230. The summed E-state index contributed by atoms with van der Waals surface area (Å²) in [5.41, 5.74) is 15.2. The van der Waals surface area contributed by atoms with Crippen LogP contribution in [0, 0.1) is 0 Å². The predicted octanol–water partition coefficient (Wildman–Crippen LogP) is 12.6. The van der Waals surface area contributed by atoms with Crippen LogP contribution < -0.4 is 9.80 Å². The van der Waals surface area contributed by atoms with Crippen LogP contribution in [0.3, 0.4) is 0 Å². The zero-order valence-electron chi connectivity index (χ0n) is 29.4. The van der Waals surface area contributed by atoms with Gasteiger partial charge in [-0.05, 0) is 105 Å². The molecule has 2 aliphatic rings. The zero-order chi connectivity index (χ0) is 34.2. The molecule has 50 heavy (non-hydrogen) atoms. The maximum atomic E-state index is 2.41. The number of hydrogen-bond donors (Lipinski definition) is 0. The van der Waals surface area contributed by atoms with E-state index in [1.807, 2.05) is 0 Å². The van der Waals surface area contributed by atoms with E-state index >= 15 is 0 Å². The Balaban J connectivity index is 1.20. The Morgan fingerprint density at radius 1 is 0.360 bits per heavy atom. The largest absolute Gasteiger partial charge is 0.316 e. The molecule has 0 saturated heterocycles. The lowest BCUT2D eigenvalue weighted by Crippen LogP contribution is -2.19. The molecule has 244 valence electrons. The number of hydrogen-bond acceptors (Lipinski definition) is 2. The van der Waals surface area contributed by atoms with E-state index < -0.39 is 0 Å². The van der Waals surface area contributed by atoms with Gasteiger partial charge in [-0.1, -0.05) is 125 Å². The van der Waals surface area contributed by atoms with Crippen LogP contribution in [-0.2, 0) is 17.9 Å². The lowest BCUT2D eigenvalue weighted by atomic mass is 9.82. The van der Waals surface area contributed by atoms with E-state index in [-0.39, 0.29) is 10.8 Å². The van der Waals surface area contributed by atoms with Crippen molar-refractivity contribution >= 4 is 34.4 Å². The van der Waals surface area contributed by atoms with E-state index in [1.54, 1.807) is 0 Å².